The van der Waals surface area contributed by atoms with E-state index >= 15 is 0 Å². The molecular weight excluding hydrogens is 456 g/mol. The Kier molecular flexibility index (Phi) is 11.1. The van der Waals surface area contributed by atoms with E-state index in [1.807, 2.05) is 0 Å². The lowest BCUT2D eigenvalue weighted by Crippen LogP contribution is -2.62. The van der Waals surface area contributed by atoms with Gasteiger partial charge in [-0.25, -0.2) is 4.79 Å². The third kappa shape index (κ3) is 8.88. The van der Waals surface area contributed by atoms with Gasteiger partial charge in [0.1, 0.15) is 23.9 Å². The molecule has 6 unspecified atom stereocenters. The standard InChI is InChI=1S/C20H30N4O8S/c1-9(25)15(24-19(30)16(10(2)26)23-17(28)13(21)8-33)18(29)22-14(20(31)32)7-11-3-5-12(27)6-4-11/h3-6,9-10,13-16,25-27,33H,7-8,21H2,1-2H3,(H,22,29)(H,23,28)(H,24,30)(H,31,32). The van der Waals surface area contributed by atoms with Gasteiger partial charge in [-0.15, -0.1) is 0 Å². The molecule has 1 rings (SSSR count). The molecule has 1 aromatic carbocycles. The van der Waals surface area contributed by atoms with Gasteiger partial charge in [-0.3, -0.25) is 14.4 Å². The molecule has 184 valence electrons. The van der Waals surface area contributed by atoms with E-state index < -0.39 is 60.1 Å². The molecule has 0 bridgehead atoms. The molecule has 12 nitrogen and oxygen atoms in total. The van der Waals surface area contributed by atoms with Crippen LogP contribution in [0.4, 0.5) is 0 Å². The average molecular weight is 487 g/mol. The van der Waals surface area contributed by atoms with Gasteiger partial charge < -0.3 is 42.1 Å². The van der Waals surface area contributed by atoms with E-state index in [1.54, 1.807) is 0 Å². The highest BCUT2D eigenvalue weighted by atomic mass is 32.1. The molecule has 0 aliphatic carbocycles. The van der Waals surface area contributed by atoms with Gasteiger partial charge in [-0.05, 0) is 31.5 Å². The molecule has 3 amide bonds. The molecule has 9 N–H and O–H groups in total. The zero-order valence-corrected chi connectivity index (χ0v) is 19.0. The molecule has 33 heavy (non-hydrogen) atoms. The highest BCUT2D eigenvalue weighted by molar-refractivity contribution is 7.80. The molecule has 0 aliphatic heterocycles. The van der Waals surface area contributed by atoms with Crippen molar-refractivity contribution in [2.45, 2.75) is 56.6 Å². The Bertz CT molecular complexity index is 834. The Labute approximate surface area is 196 Å². The number of carboxylic acid groups (broad SMARTS) is 1. The smallest absolute Gasteiger partial charge is 0.326 e. The molecule has 6 atom stereocenters. The normalized spacial score (nSPS) is 16.4. The van der Waals surface area contributed by atoms with E-state index in [0.717, 1.165) is 0 Å². The number of carboxylic acids is 1. The van der Waals surface area contributed by atoms with Crippen LogP contribution in [0.2, 0.25) is 0 Å². The molecule has 1 aromatic rings. The Hall–Kier alpha value is -2.87. The number of phenols is 1. The van der Waals surface area contributed by atoms with Crippen LogP contribution in [0.15, 0.2) is 24.3 Å². The summed E-state index contributed by atoms with van der Waals surface area (Å²) in [5, 5.41) is 45.4. The number of aliphatic carboxylic acids is 1. The molecule has 0 saturated heterocycles. The monoisotopic (exact) mass is 486 g/mol. The van der Waals surface area contributed by atoms with Crippen molar-refractivity contribution in [2.75, 3.05) is 5.75 Å². The SMILES string of the molecule is CC(O)C(NC(=O)C(N)CS)C(=O)NC(C(=O)NC(Cc1ccc(O)cc1)C(=O)O)C(C)O. The first-order valence-electron chi connectivity index (χ1n) is 10.0. The summed E-state index contributed by atoms with van der Waals surface area (Å²) in [6.45, 7) is 2.43. The highest BCUT2D eigenvalue weighted by Crippen LogP contribution is 2.12. The second-order valence-electron chi connectivity index (χ2n) is 7.51. The second kappa shape index (κ2) is 13.0. The van der Waals surface area contributed by atoms with Crippen LogP contribution in [-0.2, 0) is 25.6 Å². The number of aliphatic hydroxyl groups excluding tert-OH is 2. The van der Waals surface area contributed by atoms with Gasteiger partial charge in [0.15, 0.2) is 0 Å². The number of thiol groups is 1. The van der Waals surface area contributed by atoms with Crippen molar-refractivity contribution in [1.29, 1.82) is 0 Å². The minimum atomic E-state index is -1.59. The van der Waals surface area contributed by atoms with E-state index in [-0.39, 0.29) is 17.9 Å². The van der Waals surface area contributed by atoms with Crippen LogP contribution in [0.1, 0.15) is 19.4 Å². The summed E-state index contributed by atoms with van der Waals surface area (Å²) in [7, 11) is 0. The predicted molar refractivity (Wildman–Crippen MR) is 120 cm³/mol. The number of benzene rings is 1. The maximum Gasteiger partial charge on any atom is 0.326 e. The zero-order valence-electron chi connectivity index (χ0n) is 18.1. The third-order valence-corrected chi connectivity index (χ3v) is 5.04. The number of rotatable bonds is 12. The lowest BCUT2D eigenvalue weighted by atomic mass is 10.0. The Balaban J connectivity index is 2.94. The minimum absolute atomic E-state index is 0.0124. The lowest BCUT2D eigenvalue weighted by molar-refractivity contribution is -0.143. The Morgan fingerprint density at radius 1 is 0.909 bits per heavy atom. The zero-order chi connectivity index (χ0) is 25.3. The number of nitrogens with one attached hydrogen (secondary N) is 3. The van der Waals surface area contributed by atoms with Crippen molar-refractivity contribution in [3.63, 3.8) is 0 Å². The summed E-state index contributed by atoms with van der Waals surface area (Å²) in [5.74, 6) is -4.13. The van der Waals surface area contributed by atoms with Crippen molar-refractivity contribution in [3.8, 4) is 5.75 Å². The summed E-state index contributed by atoms with van der Waals surface area (Å²) in [5.41, 5.74) is 6.05. The number of phenolic OH excluding ortho intramolecular Hbond substituents is 1. The summed E-state index contributed by atoms with van der Waals surface area (Å²) >= 11 is 3.88. The topological polar surface area (TPSA) is 211 Å². The lowest BCUT2D eigenvalue weighted by Gasteiger charge is -2.27. The number of carbonyl (C=O) groups is 4. The van der Waals surface area contributed by atoms with Crippen LogP contribution in [0.25, 0.3) is 0 Å². The second-order valence-corrected chi connectivity index (χ2v) is 7.88. The van der Waals surface area contributed by atoms with Crippen LogP contribution in [0, 0.1) is 0 Å². The van der Waals surface area contributed by atoms with E-state index in [1.165, 1.54) is 38.1 Å². The maximum atomic E-state index is 12.7. The summed E-state index contributed by atoms with van der Waals surface area (Å²) in [4.78, 5) is 48.9. The summed E-state index contributed by atoms with van der Waals surface area (Å²) in [6, 6.07) is 0.155. The summed E-state index contributed by atoms with van der Waals surface area (Å²) < 4.78 is 0. The fourth-order valence-corrected chi connectivity index (χ4v) is 2.89. The number of hydrogen-bond acceptors (Lipinski definition) is 9. The number of amides is 3. The molecule has 0 aromatic heterocycles. The van der Waals surface area contributed by atoms with E-state index in [2.05, 4.69) is 28.6 Å². The number of aliphatic hydroxyl groups is 2. The minimum Gasteiger partial charge on any atom is -0.508 e. The highest BCUT2D eigenvalue weighted by Gasteiger charge is 2.34. The van der Waals surface area contributed by atoms with Gasteiger partial charge in [0, 0.05) is 12.2 Å². The number of hydrogen-bond donors (Lipinski definition) is 9. The van der Waals surface area contributed by atoms with Gasteiger partial charge >= 0.3 is 5.97 Å². The van der Waals surface area contributed by atoms with Crippen LogP contribution < -0.4 is 21.7 Å². The number of carbonyl (C=O) groups excluding carboxylic acids is 3. The molecule has 0 saturated carbocycles. The first-order valence-corrected chi connectivity index (χ1v) is 10.6. The van der Waals surface area contributed by atoms with E-state index in [9.17, 15) is 39.6 Å². The van der Waals surface area contributed by atoms with Gasteiger partial charge in [0.05, 0.1) is 18.2 Å². The molecule has 13 heteroatoms. The van der Waals surface area contributed by atoms with Crippen LogP contribution in [0.5, 0.6) is 5.75 Å². The number of aromatic hydroxyl groups is 1. The summed E-state index contributed by atoms with van der Waals surface area (Å²) in [6.07, 6.45) is -2.95. The van der Waals surface area contributed by atoms with Crippen molar-refractivity contribution in [2.24, 2.45) is 5.73 Å². The quantitative estimate of drug-likeness (QED) is 0.143. The first-order chi connectivity index (χ1) is 15.4. The van der Waals surface area contributed by atoms with Crippen molar-refractivity contribution < 1.29 is 39.6 Å². The Morgan fingerprint density at radius 2 is 1.36 bits per heavy atom. The van der Waals surface area contributed by atoms with Crippen molar-refractivity contribution >= 4 is 36.3 Å². The van der Waals surface area contributed by atoms with Crippen molar-refractivity contribution in [3.05, 3.63) is 29.8 Å². The molecule has 0 aliphatic rings. The predicted octanol–water partition coefficient (Wildman–Crippen LogP) is -2.51. The van der Waals surface area contributed by atoms with Gasteiger partial charge in [-0.1, -0.05) is 12.1 Å². The molecule has 0 heterocycles. The third-order valence-electron chi connectivity index (χ3n) is 4.65. The molecule has 0 fully saturated rings. The largest absolute Gasteiger partial charge is 0.508 e. The molecule has 0 spiro atoms. The maximum absolute atomic E-state index is 12.7. The van der Waals surface area contributed by atoms with Gasteiger partial charge in [0.25, 0.3) is 0 Å². The molecular formula is C20H30N4O8S. The van der Waals surface area contributed by atoms with Crippen LogP contribution >= 0.6 is 12.6 Å². The Morgan fingerprint density at radius 3 is 1.79 bits per heavy atom. The van der Waals surface area contributed by atoms with E-state index in [4.69, 9.17) is 5.73 Å². The fourth-order valence-electron chi connectivity index (χ4n) is 2.73. The fraction of sp³-hybridized carbons (Fsp3) is 0.500. The van der Waals surface area contributed by atoms with Crippen LogP contribution in [-0.4, -0.2) is 86.2 Å². The van der Waals surface area contributed by atoms with E-state index in [0.29, 0.717) is 5.56 Å². The molecule has 0 radical (unpaired) electrons. The number of nitrogens with two attached hydrogens (primary N) is 1. The van der Waals surface area contributed by atoms with Gasteiger partial charge in [0.2, 0.25) is 17.7 Å². The van der Waals surface area contributed by atoms with Crippen LogP contribution in [0.3, 0.4) is 0 Å². The first kappa shape index (κ1) is 28.2. The average Bonchev–Trinajstić information content (AvgIpc) is 2.74. The van der Waals surface area contributed by atoms with Gasteiger partial charge in [-0.2, -0.15) is 12.6 Å². The van der Waals surface area contributed by atoms with Crippen molar-refractivity contribution in [1.82, 2.24) is 16.0 Å².